The van der Waals surface area contributed by atoms with Gasteiger partial charge < -0.3 is 4.74 Å². The number of hydrogen-bond acceptors (Lipinski definition) is 5. The van der Waals surface area contributed by atoms with E-state index in [1.807, 2.05) is 61.5 Å². The second kappa shape index (κ2) is 7.50. The summed E-state index contributed by atoms with van der Waals surface area (Å²) in [7, 11) is 0. The third-order valence-electron chi connectivity index (χ3n) is 3.51. The second-order valence-electron chi connectivity index (χ2n) is 5.55. The third kappa shape index (κ3) is 4.49. The predicted octanol–water partition coefficient (Wildman–Crippen LogP) is 2.32. The maximum atomic E-state index is 11.9. The topological polar surface area (TPSA) is 69.9 Å². The fourth-order valence-corrected chi connectivity index (χ4v) is 2.23. The van der Waals surface area contributed by atoms with Gasteiger partial charge in [0.15, 0.2) is 5.82 Å². The van der Waals surface area contributed by atoms with Crippen LogP contribution in [0.5, 0.6) is 0 Å². The first kappa shape index (κ1) is 15.9. The number of benzene rings is 2. The largest absolute Gasteiger partial charge is 0.440 e. The molecule has 3 rings (SSSR count). The van der Waals surface area contributed by atoms with Crippen LogP contribution in [0.3, 0.4) is 0 Å². The van der Waals surface area contributed by atoms with Crippen molar-refractivity contribution in [1.82, 2.24) is 20.2 Å². The van der Waals surface area contributed by atoms with Gasteiger partial charge in [0.2, 0.25) is 6.73 Å². The van der Waals surface area contributed by atoms with Crippen molar-refractivity contribution in [3.63, 3.8) is 0 Å². The molecule has 0 amide bonds. The molecule has 0 saturated carbocycles. The van der Waals surface area contributed by atoms with E-state index < -0.39 is 0 Å². The summed E-state index contributed by atoms with van der Waals surface area (Å²) < 4.78 is 5.18. The first-order valence-corrected chi connectivity index (χ1v) is 7.71. The zero-order valence-electron chi connectivity index (χ0n) is 13.4. The van der Waals surface area contributed by atoms with Crippen LogP contribution in [0.1, 0.15) is 22.5 Å². The molecule has 0 bridgehead atoms. The van der Waals surface area contributed by atoms with Crippen molar-refractivity contribution in [1.29, 1.82) is 0 Å². The van der Waals surface area contributed by atoms with Crippen LogP contribution in [0.4, 0.5) is 0 Å². The lowest BCUT2D eigenvalue weighted by atomic mass is 10.1. The van der Waals surface area contributed by atoms with Crippen molar-refractivity contribution < 1.29 is 9.53 Å². The summed E-state index contributed by atoms with van der Waals surface area (Å²) >= 11 is 0. The zero-order valence-corrected chi connectivity index (χ0v) is 13.4. The summed E-state index contributed by atoms with van der Waals surface area (Å²) in [5, 5.41) is 12.1. The molecule has 0 fully saturated rings. The molecule has 0 atom stereocenters. The quantitative estimate of drug-likeness (QED) is 0.651. The monoisotopic (exact) mass is 322 g/mol. The Hall–Kier alpha value is -3.02. The lowest BCUT2D eigenvalue weighted by Gasteiger charge is -2.04. The summed E-state index contributed by atoms with van der Waals surface area (Å²) in [4.78, 5) is 13.1. The van der Waals surface area contributed by atoms with Crippen molar-refractivity contribution in [2.45, 2.75) is 26.5 Å². The predicted molar refractivity (Wildman–Crippen MR) is 88.0 cm³/mol. The Balaban J connectivity index is 1.50. The molecule has 0 aliphatic heterocycles. The van der Waals surface area contributed by atoms with Crippen LogP contribution in [0, 0.1) is 6.92 Å². The van der Waals surface area contributed by atoms with Crippen molar-refractivity contribution in [3.05, 3.63) is 77.1 Å². The highest BCUT2D eigenvalue weighted by Crippen LogP contribution is 2.06. The van der Waals surface area contributed by atoms with Crippen LogP contribution >= 0.6 is 0 Å². The molecule has 122 valence electrons. The van der Waals surface area contributed by atoms with Crippen LogP contribution in [-0.4, -0.2) is 26.2 Å². The molecule has 0 saturated heterocycles. The van der Waals surface area contributed by atoms with Crippen LogP contribution in [0.15, 0.2) is 54.6 Å². The second-order valence-corrected chi connectivity index (χ2v) is 5.55. The fourth-order valence-electron chi connectivity index (χ4n) is 2.23. The SMILES string of the molecule is Cc1ccc(CC(=O)OCn2nnc(Cc3ccccc3)n2)cc1. The summed E-state index contributed by atoms with van der Waals surface area (Å²) in [6, 6.07) is 17.7. The van der Waals surface area contributed by atoms with Crippen molar-refractivity contribution in [3.8, 4) is 0 Å². The van der Waals surface area contributed by atoms with Gasteiger partial charge in [-0.25, -0.2) is 0 Å². The molecule has 1 heterocycles. The summed E-state index contributed by atoms with van der Waals surface area (Å²) in [5.41, 5.74) is 3.18. The van der Waals surface area contributed by atoms with Gasteiger partial charge >= 0.3 is 5.97 Å². The molecule has 1 aromatic heterocycles. The highest BCUT2D eigenvalue weighted by Gasteiger charge is 2.08. The Labute approximate surface area is 140 Å². The minimum atomic E-state index is -0.319. The number of rotatable bonds is 6. The van der Waals surface area contributed by atoms with Gasteiger partial charge in [-0.2, -0.15) is 0 Å². The van der Waals surface area contributed by atoms with E-state index in [2.05, 4.69) is 15.4 Å². The van der Waals surface area contributed by atoms with E-state index in [-0.39, 0.29) is 19.1 Å². The molecule has 0 N–H and O–H groups in total. The number of hydrogen-bond donors (Lipinski definition) is 0. The van der Waals surface area contributed by atoms with E-state index in [0.717, 1.165) is 16.7 Å². The van der Waals surface area contributed by atoms with E-state index >= 15 is 0 Å². The van der Waals surface area contributed by atoms with Gasteiger partial charge in [-0.15, -0.1) is 15.0 Å². The highest BCUT2D eigenvalue weighted by atomic mass is 16.5. The normalized spacial score (nSPS) is 10.5. The molecule has 0 aliphatic rings. The Morgan fingerprint density at radius 2 is 1.79 bits per heavy atom. The number of nitrogens with zero attached hydrogens (tertiary/aromatic N) is 4. The van der Waals surface area contributed by atoms with Gasteiger partial charge in [0, 0.05) is 6.42 Å². The molecule has 2 aromatic carbocycles. The zero-order chi connectivity index (χ0) is 16.8. The molecule has 6 heteroatoms. The van der Waals surface area contributed by atoms with E-state index in [1.54, 1.807) is 0 Å². The fraction of sp³-hybridized carbons (Fsp3) is 0.222. The molecule has 0 radical (unpaired) electrons. The molecular weight excluding hydrogens is 304 g/mol. The number of aromatic nitrogens is 4. The standard InChI is InChI=1S/C18H18N4O2/c1-14-7-9-16(10-8-14)12-18(23)24-13-22-20-17(19-21-22)11-15-5-3-2-4-6-15/h2-10H,11-13H2,1H3. The number of carbonyl (C=O) groups is 1. The van der Waals surface area contributed by atoms with Crippen LogP contribution in [0.2, 0.25) is 0 Å². The third-order valence-corrected chi connectivity index (χ3v) is 3.51. The minimum Gasteiger partial charge on any atom is -0.440 e. The maximum absolute atomic E-state index is 11.9. The lowest BCUT2D eigenvalue weighted by molar-refractivity contribution is -0.147. The van der Waals surface area contributed by atoms with Crippen LogP contribution < -0.4 is 0 Å². The number of esters is 1. The average molecular weight is 322 g/mol. The van der Waals surface area contributed by atoms with Crippen molar-refractivity contribution in [2.24, 2.45) is 0 Å². The number of ether oxygens (including phenoxy) is 1. The summed E-state index contributed by atoms with van der Waals surface area (Å²) in [6.07, 6.45) is 0.823. The highest BCUT2D eigenvalue weighted by molar-refractivity contribution is 5.72. The summed E-state index contributed by atoms with van der Waals surface area (Å²) in [6.45, 7) is 1.97. The first-order valence-electron chi connectivity index (χ1n) is 7.71. The molecule has 6 nitrogen and oxygen atoms in total. The van der Waals surface area contributed by atoms with Crippen molar-refractivity contribution in [2.75, 3.05) is 0 Å². The van der Waals surface area contributed by atoms with E-state index in [0.29, 0.717) is 12.2 Å². The van der Waals surface area contributed by atoms with Gasteiger partial charge in [0.05, 0.1) is 6.42 Å². The minimum absolute atomic E-state index is 0.0352. The van der Waals surface area contributed by atoms with Gasteiger partial charge in [0.25, 0.3) is 0 Å². The smallest absolute Gasteiger partial charge is 0.312 e. The van der Waals surface area contributed by atoms with E-state index in [9.17, 15) is 4.79 Å². The number of tetrazole rings is 1. The summed E-state index contributed by atoms with van der Waals surface area (Å²) in [5.74, 6) is 0.275. The maximum Gasteiger partial charge on any atom is 0.312 e. The molecule has 3 aromatic rings. The van der Waals surface area contributed by atoms with Gasteiger partial charge in [-0.1, -0.05) is 60.2 Å². The Morgan fingerprint density at radius 1 is 1.04 bits per heavy atom. The Morgan fingerprint density at radius 3 is 2.54 bits per heavy atom. The average Bonchev–Trinajstić information content (AvgIpc) is 3.03. The molecule has 0 aliphatic carbocycles. The molecule has 0 spiro atoms. The number of aryl methyl sites for hydroxylation is 1. The van der Waals surface area contributed by atoms with Gasteiger partial charge in [-0.3, -0.25) is 4.79 Å². The Kier molecular flexibility index (Phi) is 4.96. The van der Waals surface area contributed by atoms with E-state index in [4.69, 9.17) is 4.74 Å². The van der Waals surface area contributed by atoms with Crippen molar-refractivity contribution >= 4 is 5.97 Å². The Bertz CT molecular complexity index is 797. The molecule has 24 heavy (non-hydrogen) atoms. The molecular formula is C18H18N4O2. The van der Waals surface area contributed by atoms with Gasteiger partial charge in [-0.05, 0) is 23.3 Å². The lowest BCUT2D eigenvalue weighted by Crippen LogP contribution is -2.13. The van der Waals surface area contributed by atoms with Crippen LogP contribution in [0.25, 0.3) is 0 Å². The van der Waals surface area contributed by atoms with Gasteiger partial charge in [0.1, 0.15) is 0 Å². The molecule has 0 unspecified atom stereocenters. The van der Waals surface area contributed by atoms with Crippen LogP contribution in [-0.2, 0) is 29.1 Å². The first-order chi connectivity index (χ1) is 11.7. The van der Waals surface area contributed by atoms with E-state index in [1.165, 1.54) is 4.80 Å². The number of carbonyl (C=O) groups excluding carboxylic acids is 1.